The standard InChI is InChI=1S/C12H23N3/c1-11-4-3-7-15(8-5-11)9-6-12(2,14)10-13/h11H,3-9,14H2,1-2H3. The second-order valence-corrected chi connectivity index (χ2v) is 5.16. The van der Waals surface area contributed by atoms with Crippen LogP contribution >= 0.6 is 0 Å². The van der Waals surface area contributed by atoms with Crippen molar-refractivity contribution in [2.45, 2.75) is 45.1 Å². The first-order valence-electron chi connectivity index (χ1n) is 5.96. The van der Waals surface area contributed by atoms with Crippen molar-refractivity contribution in [2.24, 2.45) is 11.7 Å². The van der Waals surface area contributed by atoms with Crippen LogP contribution in [0.15, 0.2) is 0 Å². The average molecular weight is 209 g/mol. The Morgan fingerprint density at radius 3 is 2.87 bits per heavy atom. The Labute approximate surface area is 93.2 Å². The average Bonchev–Trinajstić information content (AvgIpc) is 2.40. The van der Waals surface area contributed by atoms with E-state index in [0.717, 1.165) is 18.9 Å². The van der Waals surface area contributed by atoms with Gasteiger partial charge in [0, 0.05) is 6.54 Å². The van der Waals surface area contributed by atoms with Gasteiger partial charge in [-0.3, -0.25) is 0 Å². The molecule has 0 radical (unpaired) electrons. The van der Waals surface area contributed by atoms with Gasteiger partial charge >= 0.3 is 0 Å². The number of rotatable bonds is 3. The van der Waals surface area contributed by atoms with Crippen LogP contribution in [0.25, 0.3) is 0 Å². The number of nitrogens with zero attached hydrogens (tertiary/aromatic N) is 2. The van der Waals surface area contributed by atoms with E-state index in [0.29, 0.717) is 0 Å². The summed E-state index contributed by atoms with van der Waals surface area (Å²) >= 11 is 0. The Morgan fingerprint density at radius 2 is 2.20 bits per heavy atom. The zero-order valence-electron chi connectivity index (χ0n) is 10.00. The fraction of sp³-hybridized carbons (Fsp3) is 0.917. The number of likely N-dealkylation sites (tertiary alicyclic amines) is 1. The number of nitriles is 1. The molecule has 0 aromatic carbocycles. The SMILES string of the molecule is CC1CCCN(CCC(C)(N)C#N)CC1. The molecule has 2 unspecified atom stereocenters. The highest BCUT2D eigenvalue weighted by atomic mass is 15.1. The Morgan fingerprint density at radius 1 is 1.47 bits per heavy atom. The van der Waals surface area contributed by atoms with E-state index in [1.165, 1.54) is 32.4 Å². The molecule has 0 aromatic rings. The molecule has 1 aliphatic heterocycles. The summed E-state index contributed by atoms with van der Waals surface area (Å²) in [6.07, 6.45) is 4.69. The van der Waals surface area contributed by atoms with Crippen molar-refractivity contribution in [1.82, 2.24) is 4.90 Å². The minimum absolute atomic E-state index is 0.655. The van der Waals surface area contributed by atoms with Crippen molar-refractivity contribution in [3.05, 3.63) is 0 Å². The molecule has 0 aromatic heterocycles. The summed E-state index contributed by atoms with van der Waals surface area (Å²) in [5.74, 6) is 0.857. The van der Waals surface area contributed by atoms with Crippen LogP contribution in [0.3, 0.4) is 0 Å². The van der Waals surface area contributed by atoms with Gasteiger partial charge < -0.3 is 10.6 Å². The normalized spacial score (nSPS) is 27.7. The first-order chi connectivity index (χ1) is 7.03. The second-order valence-electron chi connectivity index (χ2n) is 5.16. The van der Waals surface area contributed by atoms with Gasteiger partial charge in [-0.05, 0) is 51.6 Å². The largest absolute Gasteiger partial charge is 0.314 e. The fourth-order valence-corrected chi connectivity index (χ4v) is 1.99. The zero-order valence-corrected chi connectivity index (χ0v) is 10.00. The monoisotopic (exact) mass is 209 g/mol. The Hall–Kier alpha value is -0.590. The lowest BCUT2D eigenvalue weighted by atomic mass is 10.0. The molecule has 0 bridgehead atoms. The van der Waals surface area contributed by atoms with Gasteiger partial charge in [0.05, 0.1) is 6.07 Å². The van der Waals surface area contributed by atoms with Crippen LogP contribution in [0.2, 0.25) is 0 Å². The Kier molecular flexibility index (Phi) is 4.56. The molecule has 0 saturated carbocycles. The van der Waals surface area contributed by atoms with E-state index in [-0.39, 0.29) is 0 Å². The lowest BCUT2D eigenvalue weighted by Gasteiger charge is -2.23. The van der Waals surface area contributed by atoms with Crippen LogP contribution in [-0.2, 0) is 0 Å². The summed E-state index contributed by atoms with van der Waals surface area (Å²) < 4.78 is 0. The van der Waals surface area contributed by atoms with Gasteiger partial charge in [-0.25, -0.2) is 0 Å². The minimum Gasteiger partial charge on any atom is -0.314 e. The van der Waals surface area contributed by atoms with Crippen molar-refractivity contribution in [3.63, 3.8) is 0 Å². The summed E-state index contributed by atoms with van der Waals surface area (Å²) in [5, 5.41) is 8.83. The van der Waals surface area contributed by atoms with Crippen molar-refractivity contribution >= 4 is 0 Å². The summed E-state index contributed by atoms with van der Waals surface area (Å²) in [5.41, 5.74) is 5.16. The van der Waals surface area contributed by atoms with E-state index in [2.05, 4.69) is 17.9 Å². The maximum absolute atomic E-state index is 8.83. The highest BCUT2D eigenvalue weighted by Crippen LogP contribution is 2.17. The molecular formula is C12H23N3. The molecule has 1 aliphatic rings. The zero-order chi connectivity index (χ0) is 11.3. The van der Waals surface area contributed by atoms with Crippen molar-refractivity contribution in [2.75, 3.05) is 19.6 Å². The van der Waals surface area contributed by atoms with E-state index in [9.17, 15) is 0 Å². The quantitative estimate of drug-likeness (QED) is 0.770. The van der Waals surface area contributed by atoms with Gasteiger partial charge in [-0.2, -0.15) is 5.26 Å². The summed E-state index contributed by atoms with van der Waals surface area (Å²) in [6.45, 7) is 7.45. The fourth-order valence-electron chi connectivity index (χ4n) is 1.99. The second kappa shape index (κ2) is 5.48. The molecule has 0 spiro atoms. The molecule has 15 heavy (non-hydrogen) atoms. The predicted octanol–water partition coefficient (Wildman–Crippen LogP) is 1.74. The first kappa shape index (κ1) is 12.5. The van der Waals surface area contributed by atoms with Crippen molar-refractivity contribution in [3.8, 4) is 6.07 Å². The van der Waals surface area contributed by atoms with Crippen molar-refractivity contribution < 1.29 is 0 Å². The van der Waals surface area contributed by atoms with Crippen molar-refractivity contribution in [1.29, 1.82) is 5.26 Å². The molecular weight excluding hydrogens is 186 g/mol. The number of nitrogens with two attached hydrogens (primary N) is 1. The molecule has 1 heterocycles. The third kappa shape index (κ3) is 4.63. The highest BCUT2D eigenvalue weighted by Gasteiger charge is 2.20. The first-order valence-corrected chi connectivity index (χ1v) is 5.96. The summed E-state index contributed by atoms with van der Waals surface area (Å²) in [4.78, 5) is 2.45. The topological polar surface area (TPSA) is 53.0 Å². The third-order valence-corrected chi connectivity index (χ3v) is 3.31. The molecule has 1 saturated heterocycles. The molecule has 2 N–H and O–H groups in total. The molecule has 0 amide bonds. The van der Waals surface area contributed by atoms with E-state index < -0.39 is 5.54 Å². The summed E-state index contributed by atoms with van der Waals surface area (Å²) in [6, 6.07) is 2.16. The molecule has 86 valence electrons. The molecule has 1 rings (SSSR count). The van der Waals surface area contributed by atoms with Gasteiger partial charge in [-0.15, -0.1) is 0 Å². The van der Waals surface area contributed by atoms with Gasteiger partial charge in [0.15, 0.2) is 0 Å². The molecule has 3 nitrogen and oxygen atoms in total. The van der Waals surface area contributed by atoms with Crippen LogP contribution in [0.1, 0.15) is 39.5 Å². The Bertz CT molecular complexity index is 230. The highest BCUT2D eigenvalue weighted by molar-refractivity contribution is 5.01. The number of hydrogen-bond donors (Lipinski definition) is 1. The lowest BCUT2D eigenvalue weighted by molar-refractivity contribution is 0.263. The predicted molar refractivity (Wildman–Crippen MR) is 62.3 cm³/mol. The van der Waals surface area contributed by atoms with Crippen LogP contribution < -0.4 is 5.73 Å². The molecule has 2 atom stereocenters. The van der Waals surface area contributed by atoms with E-state index in [4.69, 9.17) is 11.0 Å². The van der Waals surface area contributed by atoms with E-state index >= 15 is 0 Å². The van der Waals surface area contributed by atoms with Crippen LogP contribution in [0, 0.1) is 17.2 Å². The Balaban J connectivity index is 2.30. The smallest absolute Gasteiger partial charge is 0.102 e. The maximum atomic E-state index is 8.83. The summed E-state index contributed by atoms with van der Waals surface area (Å²) in [7, 11) is 0. The molecule has 1 fully saturated rings. The lowest BCUT2D eigenvalue weighted by Crippen LogP contribution is -2.39. The van der Waals surface area contributed by atoms with Crippen LogP contribution in [0.4, 0.5) is 0 Å². The van der Waals surface area contributed by atoms with Gasteiger partial charge in [-0.1, -0.05) is 6.92 Å². The van der Waals surface area contributed by atoms with Crippen LogP contribution in [-0.4, -0.2) is 30.1 Å². The number of hydrogen-bond acceptors (Lipinski definition) is 3. The van der Waals surface area contributed by atoms with Crippen LogP contribution in [0.5, 0.6) is 0 Å². The van der Waals surface area contributed by atoms with E-state index in [1.54, 1.807) is 0 Å². The van der Waals surface area contributed by atoms with Gasteiger partial charge in [0.25, 0.3) is 0 Å². The molecule has 3 heteroatoms. The van der Waals surface area contributed by atoms with Gasteiger partial charge in [0.2, 0.25) is 0 Å². The molecule has 0 aliphatic carbocycles. The van der Waals surface area contributed by atoms with Gasteiger partial charge in [0.1, 0.15) is 5.54 Å². The third-order valence-electron chi connectivity index (χ3n) is 3.31. The minimum atomic E-state index is -0.655. The van der Waals surface area contributed by atoms with E-state index in [1.807, 2.05) is 6.92 Å². The maximum Gasteiger partial charge on any atom is 0.102 e.